The lowest BCUT2D eigenvalue weighted by Gasteiger charge is -2.06. The van der Waals surface area contributed by atoms with Crippen molar-refractivity contribution in [1.82, 2.24) is 9.97 Å². The van der Waals surface area contributed by atoms with E-state index in [1.54, 1.807) is 25.4 Å². The molecule has 2 aromatic heterocycles. The van der Waals surface area contributed by atoms with E-state index < -0.39 is 0 Å². The fraction of sp³-hybridized carbons (Fsp3) is 0.0625. The number of hydrogen-bond donors (Lipinski definition) is 1. The van der Waals surface area contributed by atoms with Crippen molar-refractivity contribution >= 4 is 23.2 Å². The minimum Gasteiger partial charge on any atom is -0.497 e. The summed E-state index contributed by atoms with van der Waals surface area (Å²) in [4.78, 5) is 21.1. The third kappa shape index (κ3) is 3.12. The number of ether oxygens (including phenoxy) is 1. The van der Waals surface area contributed by atoms with E-state index in [-0.39, 0.29) is 11.9 Å². The molecule has 2 heterocycles. The molecule has 0 saturated heterocycles. The molecule has 22 heavy (non-hydrogen) atoms. The van der Waals surface area contributed by atoms with Crippen molar-refractivity contribution in [3.63, 3.8) is 0 Å². The summed E-state index contributed by atoms with van der Waals surface area (Å²) < 4.78 is 5.13. The molecule has 3 aromatic rings. The second kappa shape index (κ2) is 6.36. The zero-order valence-electron chi connectivity index (χ0n) is 11.8. The van der Waals surface area contributed by atoms with Gasteiger partial charge in [0.05, 0.1) is 17.7 Å². The Hall–Kier alpha value is -2.73. The van der Waals surface area contributed by atoms with Crippen LogP contribution in [-0.2, 0) is 0 Å². The van der Waals surface area contributed by atoms with Crippen LogP contribution in [0, 0.1) is 0 Å². The Morgan fingerprint density at radius 2 is 2.00 bits per heavy atom. The van der Waals surface area contributed by atoms with Gasteiger partial charge < -0.3 is 4.74 Å². The average Bonchev–Trinajstić information content (AvgIpc) is 3.10. The predicted octanol–water partition coefficient (Wildman–Crippen LogP) is 3.47. The zero-order valence-corrected chi connectivity index (χ0v) is 12.6. The Balaban J connectivity index is 1.81. The van der Waals surface area contributed by atoms with Gasteiger partial charge in [0.2, 0.25) is 5.95 Å². The molecule has 5 nitrogen and oxygen atoms in total. The lowest BCUT2D eigenvalue weighted by atomic mass is 10.1. The van der Waals surface area contributed by atoms with Crippen molar-refractivity contribution in [3.8, 4) is 17.0 Å². The van der Waals surface area contributed by atoms with Gasteiger partial charge in [-0.25, -0.2) is 9.97 Å². The van der Waals surface area contributed by atoms with Crippen molar-refractivity contribution in [2.24, 2.45) is 0 Å². The molecular formula is C16H13N3O2S. The van der Waals surface area contributed by atoms with Gasteiger partial charge in [-0.3, -0.25) is 10.1 Å². The number of nitrogens with one attached hydrogen (secondary N) is 1. The molecule has 0 saturated carbocycles. The largest absolute Gasteiger partial charge is 0.497 e. The van der Waals surface area contributed by atoms with Gasteiger partial charge in [-0.15, -0.1) is 11.3 Å². The van der Waals surface area contributed by atoms with Gasteiger partial charge in [0.25, 0.3) is 5.91 Å². The van der Waals surface area contributed by atoms with Crippen LogP contribution in [0.2, 0.25) is 0 Å². The molecule has 0 spiro atoms. The molecule has 0 bridgehead atoms. The fourth-order valence-electron chi connectivity index (χ4n) is 1.91. The molecule has 0 unspecified atom stereocenters. The first-order chi connectivity index (χ1) is 10.8. The maximum atomic E-state index is 12.0. The summed E-state index contributed by atoms with van der Waals surface area (Å²) in [5.41, 5.74) is 1.66. The average molecular weight is 311 g/mol. The van der Waals surface area contributed by atoms with Crippen molar-refractivity contribution in [3.05, 3.63) is 58.9 Å². The van der Waals surface area contributed by atoms with Gasteiger partial charge in [0, 0.05) is 11.8 Å². The monoisotopic (exact) mass is 311 g/mol. The lowest BCUT2D eigenvalue weighted by Crippen LogP contribution is -2.12. The molecule has 0 aliphatic heterocycles. The van der Waals surface area contributed by atoms with Crippen LogP contribution < -0.4 is 10.1 Å². The molecule has 1 amide bonds. The van der Waals surface area contributed by atoms with E-state index in [1.165, 1.54) is 11.3 Å². The minimum absolute atomic E-state index is 0.207. The van der Waals surface area contributed by atoms with Gasteiger partial charge in [-0.05, 0) is 41.8 Å². The van der Waals surface area contributed by atoms with E-state index in [1.807, 2.05) is 35.7 Å². The number of rotatable bonds is 4. The van der Waals surface area contributed by atoms with Crippen LogP contribution in [0.15, 0.2) is 54.0 Å². The second-order valence-electron chi connectivity index (χ2n) is 4.43. The van der Waals surface area contributed by atoms with Crippen LogP contribution in [-0.4, -0.2) is 23.0 Å². The summed E-state index contributed by atoms with van der Waals surface area (Å²) in [5.74, 6) is 0.859. The number of hydrogen-bond acceptors (Lipinski definition) is 5. The Bertz CT molecular complexity index is 770. The number of methoxy groups -OCH3 is 1. The molecule has 1 N–H and O–H groups in total. The Kier molecular flexibility index (Phi) is 4.11. The molecule has 3 rings (SSSR count). The fourth-order valence-corrected chi connectivity index (χ4v) is 2.53. The zero-order chi connectivity index (χ0) is 15.4. The first-order valence-corrected chi connectivity index (χ1v) is 7.46. The van der Waals surface area contributed by atoms with Crippen LogP contribution >= 0.6 is 11.3 Å². The van der Waals surface area contributed by atoms with Crippen LogP contribution in [0.4, 0.5) is 5.95 Å². The maximum absolute atomic E-state index is 12.0. The van der Waals surface area contributed by atoms with E-state index in [0.29, 0.717) is 4.88 Å². The number of carbonyl (C=O) groups excluding carboxylic acids is 1. The molecule has 1 aromatic carbocycles. The van der Waals surface area contributed by atoms with Gasteiger partial charge in [0.1, 0.15) is 5.75 Å². The number of carbonyl (C=O) groups is 1. The van der Waals surface area contributed by atoms with Crippen molar-refractivity contribution < 1.29 is 9.53 Å². The Morgan fingerprint density at radius 1 is 1.18 bits per heavy atom. The minimum atomic E-state index is -0.207. The van der Waals surface area contributed by atoms with Crippen LogP contribution in [0.3, 0.4) is 0 Å². The van der Waals surface area contributed by atoms with Crippen molar-refractivity contribution in [2.45, 2.75) is 0 Å². The summed E-state index contributed by atoms with van der Waals surface area (Å²) in [6.07, 6.45) is 1.62. The molecule has 6 heteroatoms. The first kappa shape index (κ1) is 14.2. The van der Waals surface area contributed by atoms with Gasteiger partial charge in [-0.1, -0.05) is 6.07 Å². The smallest absolute Gasteiger partial charge is 0.268 e. The number of benzene rings is 1. The van der Waals surface area contributed by atoms with E-state index in [4.69, 9.17) is 4.74 Å². The molecule has 0 fully saturated rings. The molecule has 0 aliphatic carbocycles. The van der Waals surface area contributed by atoms with Crippen molar-refractivity contribution in [1.29, 1.82) is 0 Å². The lowest BCUT2D eigenvalue weighted by molar-refractivity contribution is 0.102. The highest BCUT2D eigenvalue weighted by atomic mass is 32.1. The van der Waals surface area contributed by atoms with Gasteiger partial charge in [-0.2, -0.15) is 0 Å². The summed E-state index contributed by atoms with van der Waals surface area (Å²) >= 11 is 1.37. The number of anilines is 1. The van der Waals surface area contributed by atoms with E-state index in [2.05, 4.69) is 15.3 Å². The molecule has 110 valence electrons. The number of aromatic nitrogens is 2. The summed E-state index contributed by atoms with van der Waals surface area (Å²) in [6, 6.07) is 12.9. The van der Waals surface area contributed by atoms with Crippen LogP contribution in [0.5, 0.6) is 5.75 Å². The summed E-state index contributed by atoms with van der Waals surface area (Å²) in [5, 5.41) is 4.55. The molecule has 0 atom stereocenters. The molecule has 0 aliphatic rings. The number of nitrogens with zero attached hydrogens (tertiary/aromatic N) is 2. The van der Waals surface area contributed by atoms with E-state index >= 15 is 0 Å². The topological polar surface area (TPSA) is 64.1 Å². The summed E-state index contributed by atoms with van der Waals surface area (Å²) in [7, 11) is 1.62. The molecular weight excluding hydrogens is 298 g/mol. The first-order valence-electron chi connectivity index (χ1n) is 6.58. The Morgan fingerprint density at radius 3 is 2.68 bits per heavy atom. The highest BCUT2D eigenvalue weighted by Crippen LogP contribution is 2.21. The number of thiophene rings is 1. The quantitative estimate of drug-likeness (QED) is 0.801. The van der Waals surface area contributed by atoms with Crippen LogP contribution in [0.25, 0.3) is 11.3 Å². The second-order valence-corrected chi connectivity index (χ2v) is 5.37. The third-order valence-electron chi connectivity index (χ3n) is 3.01. The maximum Gasteiger partial charge on any atom is 0.268 e. The van der Waals surface area contributed by atoms with E-state index in [9.17, 15) is 4.79 Å². The standard InChI is InChI=1S/C16H13N3O2S/c1-21-12-6-4-11(5-7-12)13-8-9-17-16(18-13)19-15(20)14-3-2-10-22-14/h2-10H,1H3,(H,17,18,19,20). The molecule has 0 radical (unpaired) electrons. The van der Waals surface area contributed by atoms with Crippen LogP contribution in [0.1, 0.15) is 9.67 Å². The van der Waals surface area contributed by atoms with Gasteiger partial charge >= 0.3 is 0 Å². The van der Waals surface area contributed by atoms with Gasteiger partial charge in [0.15, 0.2) is 0 Å². The summed E-state index contributed by atoms with van der Waals surface area (Å²) in [6.45, 7) is 0. The normalized spacial score (nSPS) is 10.2. The predicted molar refractivity (Wildman–Crippen MR) is 86.3 cm³/mol. The third-order valence-corrected chi connectivity index (χ3v) is 3.88. The highest BCUT2D eigenvalue weighted by Gasteiger charge is 2.09. The SMILES string of the molecule is COc1ccc(-c2ccnc(NC(=O)c3cccs3)n2)cc1. The number of amides is 1. The van der Waals surface area contributed by atoms with Crippen molar-refractivity contribution in [2.75, 3.05) is 12.4 Å². The Labute approximate surface area is 131 Å². The highest BCUT2D eigenvalue weighted by molar-refractivity contribution is 7.12. The van der Waals surface area contributed by atoms with E-state index in [0.717, 1.165) is 17.0 Å².